The molecule has 0 aliphatic carbocycles. The first-order valence-electron chi connectivity index (χ1n) is 9.26. The number of nitrogens with zero attached hydrogens (tertiary/aromatic N) is 4. The van der Waals surface area contributed by atoms with Crippen LogP contribution in [-0.2, 0) is 15.9 Å². The van der Waals surface area contributed by atoms with E-state index in [9.17, 15) is 27.5 Å². The highest BCUT2D eigenvalue weighted by atomic mass is 79.9. The maximum atomic E-state index is 14.5. The van der Waals surface area contributed by atoms with Crippen molar-refractivity contribution in [2.75, 3.05) is 54.8 Å². The van der Waals surface area contributed by atoms with Gasteiger partial charge in [-0.3, -0.25) is 10.1 Å². The van der Waals surface area contributed by atoms with Crippen molar-refractivity contribution in [3.8, 4) is 0 Å². The minimum atomic E-state index is -4.83. The maximum Gasteiger partial charge on any atom is 0.418 e. The van der Waals surface area contributed by atoms with Gasteiger partial charge in [0, 0.05) is 50.2 Å². The van der Waals surface area contributed by atoms with E-state index in [4.69, 9.17) is 0 Å². The smallest absolute Gasteiger partial charge is 0.334 e. The Bertz CT molecular complexity index is 958. The van der Waals surface area contributed by atoms with Crippen LogP contribution in [0.15, 0.2) is 17.0 Å². The lowest BCUT2D eigenvalue weighted by Gasteiger charge is -2.36. The van der Waals surface area contributed by atoms with Crippen LogP contribution in [-0.4, -0.2) is 73.3 Å². The van der Waals surface area contributed by atoms with E-state index in [0.717, 1.165) is 12.6 Å². The predicted molar refractivity (Wildman–Crippen MR) is 118 cm³/mol. The molecular weight excluding hydrogens is 557 g/mol. The number of anilines is 1. The molecule has 3 rings (SSSR count). The van der Waals surface area contributed by atoms with Crippen LogP contribution in [0.5, 0.6) is 0 Å². The van der Waals surface area contributed by atoms with Crippen LogP contribution in [0.3, 0.4) is 0 Å². The van der Waals surface area contributed by atoms with Crippen molar-refractivity contribution in [1.82, 2.24) is 9.21 Å². The van der Waals surface area contributed by atoms with E-state index in [2.05, 4.69) is 36.8 Å². The van der Waals surface area contributed by atoms with E-state index in [1.165, 1.54) is 4.90 Å². The summed E-state index contributed by atoms with van der Waals surface area (Å²) in [5, 5.41) is 11.8. The highest BCUT2D eigenvalue weighted by Crippen LogP contribution is 2.47. The number of piperazine rings is 1. The van der Waals surface area contributed by atoms with Crippen molar-refractivity contribution >= 4 is 57.9 Å². The summed E-state index contributed by atoms with van der Waals surface area (Å²) >= 11 is 6.57. The van der Waals surface area contributed by atoms with Crippen LogP contribution < -0.4 is 4.90 Å². The third-order valence-corrected chi connectivity index (χ3v) is 9.59. The topological polar surface area (TPSA) is 69.9 Å². The van der Waals surface area contributed by atoms with Crippen molar-refractivity contribution < 1.29 is 22.3 Å². The summed E-state index contributed by atoms with van der Waals surface area (Å²) in [6.45, 7) is 5.02. The number of nitro groups is 1. The van der Waals surface area contributed by atoms with Crippen LogP contribution in [0, 0.1) is 10.1 Å². The zero-order valence-electron chi connectivity index (χ0n) is 16.1. The van der Waals surface area contributed by atoms with E-state index in [0.29, 0.717) is 42.6 Å². The maximum absolute atomic E-state index is 14.5. The molecule has 168 valence electrons. The molecule has 1 atom stereocenters. The molecule has 2 aliphatic heterocycles. The van der Waals surface area contributed by atoms with Gasteiger partial charge in [0.1, 0.15) is 4.99 Å². The summed E-state index contributed by atoms with van der Waals surface area (Å²) < 4.78 is 57.9. The van der Waals surface area contributed by atoms with Crippen molar-refractivity contribution in [2.24, 2.45) is 0 Å². The fourth-order valence-electron chi connectivity index (χ4n) is 3.86. The average molecular weight is 578 g/mol. The van der Waals surface area contributed by atoms with E-state index in [1.807, 2.05) is 6.92 Å². The van der Waals surface area contributed by atoms with Crippen LogP contribution >= 0.6 is 31.9 Å². The van der Waals surface area contributed by atoms with Gasteiger partial charge >= 0.3 is 6.18 Å². The molecule has 1 unspecified atom stereocenters. The van der Waals surface area contributed by atoms with E-state index < -0.39 is 32.1 Å². The zero-order chi connectivity index (χ0) is 22.3. The number of rotatable bonds is 6. The number of likely N-dealkylation sites (N-methyl/N-ethyl adjacent to an activating group) is 1. The molecule has 13 heteroatoms. The molecule has 1 aromatic rings. The first-order valence-corrected chi connectivity index (χ1v) is 13.0. The minimum Gasteiger partial charge on any atom is -0.334 e. The Morgan fingerprint density at radius 1 is 1.20 bits per heavy atom. The van der Waals surface area contributed by atoms with Gasteiger partial charge in [0.2, 0.25) is 0 Å². The number of non-ortho nitro benzene ring substituents is 1. The van der Waals surface area contributed by atoms with Gasteiger partial charge in [-0.1, -0.05) is 38.8 Å². The van der Waals surface area contributed by atoms with E-state index in [1.54, 1.807) is 4.31 Å². The molecule has 30 heavy (non-hydrogen) atoms. The molecule has 0 bridgehead atoms. The van der Waals surface area contributed by atoms with E-state index in [-0.39, 0.29) is 22.5 Å². The second-order valence-corrected chi connectivity index (χ2v) is 10.7. The lowest BCUT2D eigenvalue weighted by Crippen LogP contribution is -2.50. The molecule has 1 saturated heterocycles. The second kappa shape index (κ2) is 8.93. The Labute approximate surface area is 189 Å². The van der Waals surface area contributed by atoms with Crippen LogP contribution in [0.25, 0.3) is 0 Å². The van der Waals surface area contributed by atoms with Crippen LogP contribution in [0.2, 0.25) is 0 Å². The number of benzene rings is 1. The zero-order valence-corrected chi connectivity index (χ0v) is 20.1. The number of hydrogen-bond acceptors (Lipinski definition) is 5. The average Bonchev–Trinajstić information content (AvgIpc) is 2.95. The lowest BCUT2D eigenvalue weighted by molar-refractivity contribution is -0.385. The Hall–Kier alpha value is -0.890. The van der Waals surface area contributed by atoms with Crippen molar-refractivity contribution in [3.63, 3.8) is 0 Å². The molecule has 1 fully saturated rings. The number of nitro benzene ring substituents is 1. The number of alkyl halides is 5. The number of halogens is 5. The predicted octanol–water partition coefficient (Wildman–Crippen LogP) is 3.55. The van der Waals surface area contributed by atoms with E-state index >= 15 is 0 Å². The molecule has 0 N–H and O–H groups in total. The monoisotopic (exact) mass is 576 g/mol. The molecule has 0 spiro atoms. The van der Waals surface area contributed by atoms with Gasteiger partial charge < -0.3 is 9.80 Å². The summed E-state index contributed by atoms with van der Waals surface area (Å²) in [6, 6.07) is 1.59. The SMILES string of the molecule is CCN1CCN(S2(=O)=C(CBr)N(CCBr)c3c(C(F)(F)F)cc([N+](=O)[O-])cc32)CC1. The van der Waals surface area contributed by atoms with Crippen LogP contribution in [0.4, 0.5) is 24.5 Å². The Morgan fingerprint density at radius 2 is 1.83 bits per heavy atom. The fraction of sp³-hybridized carbons (Fsp3) is 0.588. The second-order valence-electron chi connectivity index (χ2n) is 6.85. The highest BCUT2D eigenvalue weighted by molar-refractivity contribution is 9.09. The largest absolute Gasteiger partial charge is 0.418 e. The normalized spacial score (nSPS) is 23.1. The minimum absolute atomic E-state index is 0.0899. The molecule has 0 amide bonds. The van der Waals surface area contributed by atoms with Crippen molar-refractivity contribution in [1.29, 1.82) is 0 Å². The van der Waals surface area contributed by atoms with Crippen molar-refractivity contribution in [2.45, 2.75) is 18.0 Å². The Kier molecular flexibility index (Phi) is 7.07. The molecule has 2 heterocycles. The Morgan fingerprint density at radius 3 is 2.30 bits per heavy atom. The third-order valence-electron chi connectivity index (χ3n) is 5.33. The van der Waals surface area contributed by atoms with Gasteiger partial charge in [-0.15, -0.1) is 0 Å². The molecule has 1 aromatic carbocycles. The quantitative estimate of drug-likeness (QED) is 0.224. The van der Waals surface area contributed by atoms with Gasteiger partial charge in [-0.25, -0.2) is 8.51 Å². The first kappa shape index (κ1) is 23.8. The molecule has 0 aromatic heterocycles. The van der Waals surface area contributed by atoms with Crippen LogP contribution in [0.1, 0.15) is 12.5 Å². The first-order chi connectivity index (χ1) is 14.1. The number of fused-ring (bicyclic) bond motifs is 1. The molecule has 0 saturated carbocycles. The molecule has 7 nitrogen and oxygen atoms in total. The third kappa shape index (κ3) is 3.98. The van der Waals surface area contributed by atoms with Gasteiger partial charge in [0.25, 0.3) is 5.69 Å². The fourth-order valence-corrected chi connectivity index (χ4v) is 8.35. The Balaban J connectivity index is 2.30. The molecule has 2 aliphatic rings. The van der Waals surface area contributed by atoms with Gasteiger partial charge in [0.05, 0.1) is 36.1 Å². The summed E-state index contributed by atoms with van der Waals surface area (Å²) in [5.74, 6) is 0. The highest BCUT2D eigenvalue weighted by Gasteiger charge is 2.46. The number of hydrogen-bond donors (Lipinski definition) is 0. The summed E-state index contributed by atoms with van der Waals surface area (Å²) in [7, 11) is -3.27. The molecule has 0 radical (unpaired) electrons. The van der Waals surface area contributed by atoms with Crippen molar-refractivity contribution in [3.05, 3.63) is 27.8 Å². The summed E-state index contributed by atoms with van der Waals surface area (Å²) in [6.07, 6.45) is -4.83. The van der Waals surface area contributed by atoms with Gasteiger partial charge in [0.15, 0.2) is 0 Å². The molecular formula is C17H21Br2F3N4O3S. The van der Waals surface area contributed by atoms with Gasteiger partial charge in [-0.05, 0) is 6.54 Å². The standard InChI is InChI=1S/C17H21Br2F3N4O3S/c1-2-23-5-7-24(8-6-23)30(29)14-10-12(26(27)28)9-13(17(20,21)22)16(14)25(4-3-18)15(30)11-19/h9-10H,2-8,11H2,1H3. The lowest BCUT2D eigenvalue weighted by atomic mass is 10.1. The summed E-state index contributed by atoms with van der Waals surface area (Å²) in [4.78, 5) is 14.3. The van der Waals surface area contributed by atoms with Gasteiger partial charge in [-0.2, -0.15) is 13.2 Å². The summed E-state index contributed by atoms with van der Waals surface area (Å²) in [5.41, 5.74) is -2.09.